The van der Waals surface area contributed by atoms with Crippen molar-refractivity contribution >= 4 is 11.8 Å². The summed E-state index contributed by atoms with van der Waals surface area (Å²) in [5.74, 6) is 1.64. The third-order valence-corrected chi connectivity index (χ3v) is 2.62. The monoisotopic (exact) mass is 232 g/mol. The normalized spacial score (nSPS) is 13.8. The van der Waals surface area contributed by atoms with Gasteiger partial charge in [-0.2, -0.15) is 0 Å². The zero-order chi connectivity index (χ0) is 12.1. The molecule has 2 N–H and O–H groups in total. The predicted molar refractivity (Wildman–Crippen MR) is 72.3 cm³/mol. The van der Waals surface area contributed by atoms with E-state index in [2.05, 4.69) is 54.8 Å². The van der Waals surface area contributed by atoms with E-state index in [1.54, 1.807) is 0 Å². The summed E-state index contributed by atoms with van der Waals surface area (Å²) in [4.78, 5) is 0. The molecule has 0 fully saturated rings. The van der Waals surface area contributed by atoms with Crippen LogP contribution in [0.2, 0.25) is 0 Å². The molecule has 3 heteroatoms. The minimum absolute atomic E-state index is 0.582. The maximum Gasteiger partial charge on any atom is 0.159 e. The van der Waals surface area contributed by atoms with Crippen molar-refractivity contribution in [3.63, 3.8) is 0 Å². The highest BCUT2D eigenvalue weighted by molar-refractivity contribution is 5.64. The number of rotatable bonds is 5. The molecule has 1 aromatic rings. The van der Waals surface area contributed by atoms with Crippen molar-refractivity contribution in [3.05, 3.63) is 29.8 Å². The molecular formula is C14H20N2O. The van der Waals surface area contributed by atoms with Crippen molar-refractivity contribution in [2.75, 3.05) is 25.1 Å². The summed E-state index contributed by atoms with van der Waals surface area (Å²) in [6.07, 6.45) is 4.27. The van der Waals surface area contributed by atoms with Crippen molar-refractivity contribution in [2.24, 2.45) is 5.92 Å². The first-order valence-electron chi connectivity index (χ1n) is 6.13. The van der Waals surface area contributed by atoms with Crippen LogP contribution in [0.5, 0.6) is 5.75 Å². The molecule has 3 nitrogen and oxygen atoms in total. The summed E-state index contributed by atoms with van der Waals surface area (Å²) in [5.41, 5.74) is 2.26. The molecule has 2 rings (SSSR count). The quantitative estimate of drug-likeness (QED) is 0.766. The maximum absolute atomic E-state index is 5.44. The minimum Gasteiger partial charge on any atom is -0.471 e. The van der Waals surface area contributed by atoms with E-state index < -0.39 is 0 Å². The van der Waals surface area contributed by atoms with Crippen LogP contribution < -0.4 is 15.4 Å². The van der Waals surface area contributed by atoms with Crippen LogP contribution in [0.4, 0.5) is 5.69 Å². The van der Waals surface area contributed by atoms with E-state index in [4.69, 9.17) is 4.74 Å². The smallest absolute Gasteiger partial charge is 0.159 e. The summed E-state index contributed by atoms with van der Waals surface area (Å²) in [5, 5.41) is 6.53. The number of hydrogen-bond acceptors (Lipinski definition) is 3. The second-order valence-corrected chi connectivity index (χ2v) is 4.68. The number of anilines is 1. The van der Waals surface area contributed by atoms with E-state index in [0.29, 0.717) is 12.6 Å². The summed E-state index contributed by atoms with van der Waals surface area (Å²) in [6.45, 7) is 6.97. The van der Waals surface area contributed by atoms with Crippen molar-refractivity contribution in [2.45, 2.75) is 13.8 Å². The van der Waals surface area contributed by atoms with Gasteiger partial charge in [0.05, 0.1) is 5.69 Å². The van der Waals surface area contributed by atoms with Gasteiger partial charge in [-0.05, 0) is 30.2 Å². The molecule has 0 aromatic heterocycles. The Balaban J connectivity index is 1.84. The van der Waals surface area contributed by atoms with Crippen molar-refractivity contribution < 1.29 is 4.74 Å². The van der Waals surface area contributed by atoms with Crippen LogP contribution in [-0.2, 0) is 0 Å². The van der Waals surface area contributed by atoms with E-state index in [9.17, 15) is 0 Å². The Morgan fingerprint density at radius 2 is 2.35 bits per heavy atom. The fourth-order valence-corrected chi connectivity index (χ4v) is 1.75. The van der Waals surface area contributed by atoms with E-state index in [1.807, 2.05) is 0 Å². The molecule has 0 spiro atoms. The third-order valence-electron chi connectivity index (χ3n) is 2.62. The largest absolute Gasteiger partial charge is 0.471 e. The molecule has 1 aliphatic heterocycles. The molecule has 0 amide bonds. The molecule has 0 radical (unpaired) electrons. The predicted octanol–water partition coefficient (Wildman–Crippen LogP) is 2.71. The van der Waals surface area contributed by atoms with Crippen molar-refractivity contribution in [1.29, 1.82) is 0 Å². The van der Waals surface area contributed by atoms with Crippen LogP contribution >= 0.6 is 0 Å². The van der Waals surface area contributed by atoms with Crippen molar-refractivity contribution in [3.8, 4) is 5.75 Å². The molecule has 0 aliphatic carbocycles. The first-order valence-corrected chi connectivity index (χ1v) is 6.13. The Kier molecular flexibility index (Phi) is 4.04. The van der Waals surface area contributed by atoms with Crippen LogP contribution in [-0.4, -0.2) is 19.8 Å². The number of nitrogens with one attached hydrogen (secondary N) is 2. The average molecular weight is 232 g/mol. The molecule has 1 heterocycles. The van der Waals surface area contributed by atoms with Crippen LogP contribution in [0.3, 0.4) is 0 Å². The van der Waals surface area contributed by atoms with Crippen LogP contribution in [0, 0.1) is 5.92 Å². The standard InChI is InChI=1S/C14H20N2O/c1-11(2)9-15-7-3-4-12-5-6-13-14(8-12)17-10-16-13/h3-6,8,11,15-16H,7,9-10H2,1-2H3. The Bertz CT molecular complexity index is 399. The minimum atomic E-state index is 0.582. The Morgan fingerprint density at radius 1 is 1.47 bits per heavy atom. The Hall–Kier alpha value is -1.48. The van der Waals surface area contributed by atoms with Gasteiger partial charge in [-0.3, -0.25) is 0 Å². The van der Waals surface area contributed by atoms with Gasteiger partial charge >= 0.3 is 0 Å². The van der Waals surface area contributed by atoms with E-state index in [1.165, 1.54) is 5.56 Å². The fraction of sp³-hybridized carbons (Fsp3) is 0.429. The lowest BCUT2D eigenvalue weighted by atomic mass is 10.2. The summed E-state index contributed by atoms with van der Waals surface area (Å²) in [7, 11) is 0. The molecule has 0 atom stereocenters. The Morgan fingerprint density at radius 3 is 3.18 bits per heavy atom. The first-order chi connectivity index (χ1) is 8.25. The van der Waals surface area contributed by atoms with Gasteiger partial charge in [-0.1, -0.05) is 32.1 Å². The molecule has 92 valence electrons. The molecule has 0 saturated heterocycles. The Labute approximate surface area is 103 Å². The second kappa shape index (κ2) is 5.73. The highest BCUT2D eigenvalue weighted by Gasteiger charge is 2.09. The molecule has 0 saturated carbocycles. The van der Waals surface area contributed by atoms with Gasteiger partial charge in [-0.25, -0.2) is 0 Å². The van der Waals surface area contributed by atoms with E-state index in [0.717, 1.165) is 24.5 Å². The van der Waals surface area contributed by atoms with Crippen molar-refractivity contribution in [1.82, 2.24) is 5.32 Å². The van der Waals surface area contributed by atoms with Crippen LogP contribution in [0.1, 0.15) is 19.4 Å². The molecule has 17 heavy (non-hydrogen) atoms. The van der Waals surface area contributed by atoms with Crippen LogP contribution in [0.15, 0.2) is 24.3 Å². The second-order valence-electron chi connectivity index (χ2n) is 4.68. The van der Waals surface area contributed by atoms with Gasteiger partial charge in [0.25, 0.3) is 0 Å². The first kappa shape index (κ1) is 12.0. The number of ether oxygens (including phenoxy) is 1. The van der Waals surface area contributed by atoms with Gasteiger partial charge in [0.15, 0.2) is 6.73 Å². The zero-order valence-electron chi connectivity index (χ0n) is 10.5. The lowest BCUT2D eigenvalue weighted by Gasteiger charge is -2.04. The molecule has 0 unspecified atom stereocenters. The van der Waals surface area contributed by atoms with E-state index in [-0.39, 0.29) is 0 Å². The number of benzene rings is 1. The van der Waals surface area contributed by atoms with Gasteiger partial charge in [0.2, 0.25) is 0 Å². The molecule has 1 aromatic carbocycles. The average Bonchev–Trinajstić information content (AvgIpc) is 2.75. The third kappa shape index (κ3) is 3.49. The summed E-state index contributed by atoms with van der Waals surface area (Å²) < 4.78 is 5.44. The fourth-order valence-electron chi connectivity index (χ4n) is 1.75. The highest BCUT2D eigenvalue weighted by Crippen LogP contribution is 2.29. The topological polar surface area (TPSA) is 33.3 Å². The van der Waals surface area contributed by atoms with Gasteiger partial charge < -0.3 is 15.4 Å². The molecule has 0 bridgehead atoms. The SMILES string of the molecule is CC(C)CNCC=Cc1ccc2c(c1)OCN2. The zero-order valence-corrected chi connectivity index (χ0v) is 10.5. The maximum atomic E-state index is 5.44. The lowest BCUT2D eigenvalue weighted by molar-refractivity contribution is 0.372. The summed E-state index contributed by atoms with van der Waals surface area (Å²) in [6, 6.07) is 6.22. The molecular weight excluding hydrogens is 212 g/mol. The van der Waals surface area contributed by atoms with E-state index >= 15 is 0 Å². The van der Waals surface area contributed by atoms with Crippen LogP contribution in [0.25, 0.3) is 6.08 Å². The lowest BCUT2D eigenvalue weighted by Crippen LogP contribution is -2.19. The van der Waals surface area contributed by atoms with Gasteiger partial charge in [0.1, 0.15) is 5.75 Å². The summed E-state index contributed by atoms with van der Waals surface area (Å²) >= 11 is 0. The van der Waals surface area contributed by atoms with Gasteiger partial charge in [0, 0.05) is 6.54 Å². The highest BCUT2D eigenvalue weighted by atomic mass is 16.5. The number of hydrogen-bond donors (Lipinski definition) is 2. The number of fused-ring (bicyclic) bond motifs is 1. The molecule has 1 aliphatic rings. The van der Waals surface area contributed by atoms with Gasteiger partial charge in [-0.15, -0.1) is 0 Å².